The number of aryl methyl sites for hydroxylation is 2. The maximum atomic E-state index is 14.5. The number of rotatable bonds is 3. The van der Waals surface area contributed by atoms with Crippen molar-refractivity contribution in [3.05, 3.63) is 50.5 Å². The molecule has 0 unspecified atom stereocenters. The lowest BCUT2D eigenvalue weighted by Crippen LogP contribution is -2.25. The van der Waals surface area contributed by atoms with Crippen LogP contribution in [0.5, 0.6) is 0 Å². The van der Waals surface area contributed by atoms with Crippen LogP contribution in [0.3, 0.4) is 0 Å². The first-order valence-corrected chi connectivity index (χ1v) is 8.33. The maximum absolute atomic E-state index is 14.5. The smallest absolute Gasteiger partial charge is 0.265 e. The highest BCUT2D eigenvalue weighted by atomic mass is 35.5. The van der Waals surface area contributed by atoms with Gasteiger partial charge in [0.15, 0.2) is 0 Å². The van der Waals surface area contributed by atoms with Crippen molar-refractivity contribution < 1.29 is 9.18 Å². The van der Waals surface area contributed by atoms with Gasteiger partial charge in [-0.3, -0.25) is 4.79 Å². The molecule has 1 aromatic heterocycles. The average molecular weight is 355 g/mol. The summed E-state index contributed by atoms with van der Waals surface area (Å²) in [6, 6.07) is 5.41. The Morgan fingerprint density at radius 3 is 2.91 bits per heavy atom. The van der Waals surface area contributed by atoms with Gasteiger partial charge in [0.2, 0.25) is 0 Å². The Labute approximate surface area is 145 Å². The van der Waals surface area contributed by atoms with Gasteiger partial charge < -0.3 is 10.6 Å². The Kier molecular flexibility index (Phi) is 5.79. The van der Waals surface area contributed by atoms with Crippen molar-refractivity contribution >= 4 is 35.3 Å². The Morgan fingerprint density at radius 2 is 2.22 bits per heavy atom. The van der Waals surface area contributed by atoms with Crippen LogP contribution in [-0.2, 0) is 19.4 Å². The fourth-order valence-electron chi connectivity index (χ4n) is 2.80. The summed E-state index contributed by atoms with van der Waals surface area (Å²) in [6.07, 6.45) is 1.56. The zero-order chi connectivity index (χ0) is 15.7. The topological polar surface area (TPSA) is 41.1 Å². The van der Waals surface area contributed by atoms with E-state index in [2.05, 4.69) is 17.6 Å². The van der Waals surface area contributed by atoms with Crippen LogP contribution in [-0.4, -0.2) is 12.5 Å². The van der Waals surface area contributed by atoms with E-state index in [0.29, 0.717) is 23.4 Å². The fraction of sp³-hybridized carbons (Fsp3) is 0.353. The largest absolute Gasteiger partial charge is 0.319 e. The van der Waals surface area contributed by atoms with Gasteiger partial charge in [0.25, 0.3) is 5.91 Å². The first kappa shape index (κ1) is 17.9. The molecule has 124 valence electrons. The van der Waals surface area contributed by atoms with Gasteiger partial charge in [-0.15, -0.1) is 23.7 Å². The molecule has 3 rings (SSSR count). The highest BCUT2D eigenvalue weighted by Crippen LogP contribution is 2.27. The number of amides is 1. The number of hydrogen-bond acceptors (Lipinski definition) is 3. The predicted molar refractivity (Wildman–Crippen MR) is 95.4 cm³/mol. The Balaban J connectivity index is 0.00000192. The number of anilines is 1. The maximum Gasteiger partial charge on any atom is 0.265 e. The second-order valence-corrected chi connectivity index (χ2v) is 6.65. The quantitative estimate of drug-likeness (QED) is 0.872. The van der Waals surface area contributed by atoms with Crippen LogP contribution >= 0.6 is 23.7 Å². The second kappa shape index (κ2) is 7.43. The van der Waals surface area contributed by atoms with Crippen molar-refractivity contribution in [3.8, 4) is 0 Å². The van der Waals surface area contributed by atoms with Crippen LogP contribution in [0.4, 0.5) is 10.1 Å². The molecule has 0 saturated heterocycles. The minimum absolute atomic E-state index is 0. The molecule has 2 heterocycles. The normalized spacial score (nSPS) is 13.2. The van der Waals surface area contributed by atoms with E-state index in [1.54, 1.807) is 6.07 Å². The van der Waals surface area contributed by atoms with Gasteiger partial charge in [-0.05, 0) is 55.1 Å². The molecule has 3 nitrogen and oxygen atoms in total. The van der Waals surface area contributed by atoms with Gasteiger partial charge in [-0.2, -0.15) is 0 Å². The molecule has 0 atom stereocenters. The van der Waals surface area contributed by atoms with Gasteiger partial charge in [0.1, 0.15) is 5.82 Å². The molecule has 23 heavy (non-hydrogen) atoms. The summed E-state index contributed by atoms with van der Waals surface area (Å²) in [4.78, 5) is 14.2. The molecule has 0 saturated carbocycles. The van der Waals surface area contributed by atoms with Crippen molar-refractivity contribution in [3.63, 3.8) is 0 Å². The van der Waals surface area contributed by atoms with Crippen LogP contribution in [0, 0.1) is 12.7 Å². The van der Waals surface area contributed by atoms with Gasteiger partial charge in [0, 0.05) is 11.4 Å². The van der Waals surface area contributed by atoms with Crippen LogP contribution in [0.1, 0.15) is 38.2 Å². The third kappa shape index (κ3) is 3.57. The predicted octanol–water partition coefficient (Wildman–Crippen LogP) is 4.08. The van der Waals surface area contributed by atoms with Gasteiger partial charge in [0.05, 0.1) is 10.6 Å². The number of fused-ring (bicyclic) bond motifs is 1. The molecule has 2 aromatic rings. The number of carbonyl (C=O) groups is 1. The van der Waals surface area contributed by atoms with Crippen LogP contribution in [0.25, 0.3) is 0 Å². The van der Waals surface area contributed by atoms with Gasteiger partial charge in [-0.1, -0.05) is 13.0 Å². The monoisotopic (exact) mass is 354 g/mol. The van der Waals surface area contributed by atoms with Crippen molar-refractivity contribution in [2.75, 3.05) is 11.9 Å². The van der Waals surface area contributed by atoms with Gasteiger partial charge >= 0.3 is 0 Å². The Bertz CT molecular complexity index is 730. The van der Waals surface area contributed by atoms with Crippen molar-refractivity contribution in [1.29, 1.82) is 0 Å². The molecule has 1 amide bonds. The van der Waals surface area contributed by atoms with E-state index in [9.17, 15) is 9.18 Å². The fourth-order valence-corrected chi connectivity index (χ4v) is 3.81. The van der Waals surface area contributed by atoms with E-state index in [1.807, 2.05) is 19.1 Å². The number of thiophene rings is 1. The summed E-state index contributed by atoms with van der Waals surface area (Å²) in [5.74, 6) is -0.531. The molecule has 0 aliphatic carbocycles. The molecular formula is C17H20ClFN2OS. The first-order valence-electron chi connectivity index (χ1n) is 7.51. The highest BCUT2D eigenvalue weighted by molar-refractivity contribution is 7.14. The van der Waals surface area contributed by atoms with Crippen molar-refractivity contribution in [2.24, 2.45) is 0 Å². The first-order chi connectivity index (χ1) is 10.6. The number of hydrogen-bond donors (Lipinski definition) is 2. The van der Waals surface area contributed by atoms with E-state index in [4.69, 9.17) is 0 Å². The highest BCUT2D eigenvalue weighted by Gasteiger charge is 2.19. The zero-order valence-electron chi connectivity index (χ0n) is 13.2. The molecule has 1 aliphatic heterocycles. The van der Waals surface area contributed by atoms with Crippen LogP contribution in [0.15, 0.2) is 18.2 Å². The summed E-state index contributed by atoms with van der Waals surface area (Å²) in [6.45, 7) is 5.52. The molecule has 1 aliphatic rings. The SMILES string of the molecule is CCc1sc(C(=O)Nc2ccc3c(c2F)CCNC3)cc1C.Cl. The lowest BCUT2D eigenvalue weighted by Gasteiger charge is -2.19. The summed E-state index contributed by atoms with van der Waals surface area (Å²) in [7, 11) is 0. The van der Waals surface area contributed by atoms with Crippen molar-refractivity contribution in [2.45, 2.75) is 33.2 Å². The third-order valence-corrected chi connectivity index (χ3v) is 5.40. The number of benzene rings is 1. The minimum atomic E-state index is -0.295. The lowest BCUT2D eigenvalue weighted by atomic mass is 9.99. The van der Waals surface area contributed by atoms with E-state index in [1.165, 1.54) is 16.2 Å². The number of carbonyl (C=O) groups excluding carboxylic acids is 1. The Morgan fingerprint density at radius 1 is 1.43 bits per heavy atom. The molecule has 0 fully saturated rings. The van der Waals surface area contributed by atoms with E-state index in [0.717, 1.165) is 24.1 Å². The number of nitrogens with one attached hydrogen (secondary N) is 2. The molecule has 0 radical (unpaired) electrons. The molecular weight excluding hydrogens is 335 g/mol. The summed E-state index contributed by atoms with van der Waals surface area (Å²) < 4.78 is 14.5. The minimum Gasteiger partial charge on any atom is -0.319 e. The van der Waals surface area contributed by atoms with E-state index >= 15 is 0 Å². The second-order valence-electron chi connectivity index (χ2n) is 5.52. The standard InChI is InChI=1S/C17H19FN2OS.ClH/c1-3-14-10(2)8-15(22-14)17(21)20-13-5-4-11-9-19-7-6-12(11)16(13)18;/h4-5,8,19H,3,6-7,9H2,1-2H3,(H,20,21);1H. The third-order valence-electron chi connectivity index (χ3n) is 4.02. The van der Waals surface area contributed by atoms with E-state index < -0.39 is 0 Å². The molecule has 0 bridgehead atoms. The van der Waals surface area contributed by atoms with Crippen LogP contribution in [0.2, 0.25) is 0 Å². The molecule has 2 N–H and O–H groups in total. The average Bonchev–Trinajstić information content (AvgIpc) is 2.91. The summed E-state index contributed by atoms with van der Waals surface area (Å²) >= 11 is 1.48. The Hall–Kier alpha value is -1.43. The zero-order valence-corrected chi connectivity index (χ0v) is 14.8. The molecule has 1 aromatic carbocycles. The van der Waals surface area contributed by atoms with E-state index in [-0.39, 0.29) is 29.8 Å². The van der Waals surface area contributed by atoms with Gasteiger partial charge in [-0.25, -0.2) is 4.39 Å². The summed E-state index contributed by atoms with van der Waals surface area (Å²) in [5.41, 5.74) is 3.08. The van der Waals surface area contributed by atoms with Crippen LogP contribution < -0.4 is 10.6 Å². The summed E-state index contributed by atoms with van der Waals surface area (Å²) in [5, 5.41) is 5.93. The molecule has 6 heteroatoms. The van der Waals surface area contributed by atoms with Crippen molar-refractivity contribution in [1.82, 2.24) is 5.32 Å². The number of halogens is 2. The molecule has 0 spiro atoms. The lowest BCUT2D eigenvalue weighted by molar-refractivity contribution is 0.103.